The van der Waals surface area contributed by atoms with Crippen LogP contribution in [0.2, 0.25) is 19.6 Å². The highest BCUT2D eigenvalue weighted by molar-refractivity contribution is 6.81. The van der Waals surface area contributed by atoms with Crippen molar-refractivity contribution in [1.82, 2.24) is 0 Å². The van der Waals surface area contributed by atoms with Crippen molar-refractivity contribution < 1.29 is 4.74 Å². The lowest BCUT2D eigenvalue weighted by Crippen LogP contribution is -2.17. The van der Waals surface area contributed by atoms with Gasteiger partial charge in [0.15, 0.2) is 0 Å². The maximum absolute atomic E-state index is 5.24. The Labute approximate surface area is 122 Å². The normalized spacial score (nSPS) is 12.3. The summed E-state index contributed by atoms with van der Waals surface area (Å²) in [6.07, 6.45) is 0. The minimum Gasteiger partial charge on any atom is -0.497 e. The molecule has 0 unspecified atom stereocenters. The molecule has 0 aliphatic rings. The number of rotatable bonds is 4. The first-order chi connectivity index (χ1) is 9.49. The van der Waals surface area contributed by atoms with Crippen LogP contribution >= 0.6 is 0 Å². The first-order valence-electron chi connectivity index (χ1n) is 6.92. The number of methoxy groups -OCH3 is 1. The predicted octanol–water partition coefficient (Wildman–Crippen LogP) is 5.00. The lowest BCUT2D eigenvalue weighted by molar-refractivity contribution is 0.415. The molecule has 2 aromatic rings. The lowest BCUT2D eigenvalue weighted by atomic mass is 10.00. The van der Waals surface area contributed by atoms with Gasteiger partial charge in [-0.15, -0.1) is 0 Å². The van der Waals surface area contributed by atoms with Gasteiger partial charge in [0, 0.05) is 0 Å². The van der Waals surface area contributed by atoms with Crippen LogP contribution in [-0.2, 0) is 0 Å². The summed E-state index contributed by atoms with van der Waals surface area (Å²) < 4.78 is 5.24. The Bertz CT molecular complexity index is 577. The van der Waals surface area contributed by atoms with Crippen molar-refractivity contribution in [2.24, 2.45) is 0 Å². The average molecular weight is 282 g/mol. The van der Waals surface area contributed by atoms with Crippen LogP contribution in [0.1, 0.15) is 11.1 Å². The van der Waals surface area contributed by atoms with Crippen molar-refractivity contribution in [2.45, 2.75) is 19.6 Å². The monoisotopic (exact) mass is 282 g/mol. The largest absolute Gasteiger partial charge is 0.497 e. The van der Waals surface area contributed by atoms with E-state index in [2.05, 4.69) is 67.8 Å². The molecule has 0 aliphatic heterocycles. The molecule has 0 amide bonds. The number of benzene rings is 2. The topological polar surface area (TPSA) is 9.23 Å². The Morgan fingerprint density at radius 3 is 1.90 bits per heavy atom. The van der Waals surface area contributed by atoms with Gasteiger partial charge in [-0.3, -0.25) is 0 Å². The SMILES string of the molecule is COc1ccc(/C(=C/[Si](C)(C)C)c2ccccc2)cc1. The average Bonchev–Trinajstić information content (AvgIpc) is 2.45. The van der Waals surface area contributed by atoms with E-state index in [0.717, 1.165) is 5.75 Å². The third-order valence-corrected chi connectivity index (χ3v) is 4.22. The minimum atomic E-state index is -1.30. The number of ether oxygens (including phenoxy) is 1. The predicted molar refractivity (Wildman–Crippen MR) is 89.9 cm³/mol. The Morgan fingerprint density at radius 2 is 1.40 bits per heavy atom. The Morgan fingerprint density at radius 1 is 0.850 bits per heavy atom. The molecule has 0 heterocycles. The van der Waals surface area contributed by atoms with Crippen LogP contribution in [0.25, 0.3) is 5.57 Å². The molecule has 0 bridgehead atoms. The molecular weight excluding hydrogens is 260 g/mol. The molecule has 0 N–H and O–H groups in total. The fourth-order valence-electron chi connectivity index (χ4n) is 2.15. The van der Waals surface area contributed by atoms with Crippen LogP contribution in [0.5, 0.6) is 5.75 Å². The maximum atomic E-state index is 5.24. The molecule has 0 saturated carbocycles. The van der Waals surface area contributed by atoms with Gasteiger partial charge in [0.05, 0.1) is 15.2 Å². The van der Waals surface area contributed by atoms with E-state index in [1.807, 2.05) is 12.1 Å². The van der Waals surface area contributed by atoms with Crippen molar-refractivity contribution in [3.05, 3.63) is 71.4 Å². The highest BCUT2D eigenvalue weighted by Gasteiger charge is 2.13. The van der Waals surface area contributed by atoms with E-state index < -0.39 is 8.07 Å². The van der Waals surface area contributed by atoms with E-state index in [-0.39, 0.29) is 0 Å². The molecule has 0 aromatic heterocycles. The molecule has 2 rings (SSSR count). The van der Waals surface area contributed by atoms with Crippen LogP contribution in [0.4, 0.5) is 0 Å². The van der Waals surface area contributed by atoms with E-state index in [0.29, 0.717) is 0 Å². The molecule has 0 saturated heterocycles. The second-order valence-corrected chi connectivity index (χ2v) is 11.0. The zero-order valence-electron chi connectivity index (χ0n) is 12.7. The van der Waals surface area contributed by atoms with Gasteiger partial charge < -0.3 is 4.74 Å². The van der Waals surface area contributed by atoms with E-state index in [1.54, 1.807) is 7.11 Å². The zero-order chi connectivity index (χ0) is 14.6. The van der Waals surface area contributed by atoms with Gasteiger partial charge in [0.1, 0.15) is 5.75 Å². The second kappa shape index (κ2) is 6.10. The van der Waals surface area contributed by atoms with Gasteiger partial charge >= 0.3 is 0 Å². The first-order valence-corrected chi connectivity index (χ1v) is 10.5. The van der Waals surface area contributed by atoms with E-state index in [1.165, 1.54) is 16.7 Å². The molecule has 2 heteroatoms. The Hall–Kier alpha value is -1.80. The summed E-state index contributed by atoms with van der Waals surface area (Å²) >= 11 is 0. The van der Waals surface area contributed by atoms with Gasteiger partial charge in [-0.05, 0) is 28.8 Å². The third-order valence-electron chi connectivity index (χ3n) is 3.06. The third kappa shape index (κ3) is 3.84. The minimum absolute atomic E-state index is 0.897. The number of hydrogen-bond donors (Lipinski definition) is 0. The van der Waals surface area contributed by atoms with Crippen molar-refractivity contribution >= 4 is 13.6 Å². The quantitative estimate of drug-likeness (QED) is 0.717. The van der Waals surface area contributed by atoms with Crippen molar-refractivity contribution in [1.29, 1.82) is 0 Å². The van der Waals surface area contributed by atoms with Crippen LogP contribution < -0.4 is 4.74 Å². The van der Waals surface area contributed by atoms with E-state index in [9.17, 15) is 0 Å². The highest BCUT2D eigenvalue weighted by atomic mass is 28.3. The van der Waals surface area contributed by atoms with Crippen molar-refractivity contribution in [3.8, 4) is 5.75 Å². The highest BCUT2D eigenvalue weighted by Crippen LogP contribution is 2.27. The summed E-state index contributed by atoms with van der Waals surface area (Å²) in [6.45, 7) is 7.08. The summed E-state index contributed by atoms with van der Waals surface area (Å²) in [6, 6.07) is 18.9. The maximum Gasteiger partial charge on any atom is 0.118 e. The Kier molecular flexibility index (Phi) is 4.45. The van der Waals surface area contributed by atoms with Crippen LogP contribution in [-0.4, -0.2) is 15.2 Å². The second-order valence-electron chi connectivity index (χ2n) is 6.02. The summed E-state index contributed by atoms with van der Waals surface area (Å²) in [4.78, 5) is 0. The smallest absolute Gasteiger partial charge is 0.118 e. The zero-order valence-corrected chi connectivity index (χ0v) is 13.7. The molecule has 2 aromatic carbocycles. The van der Waals surface area contributed by atoms with Crippen molar-refractivity contribution in [3.63, 3.8) is 0 Å². The van der Waals surface area contributed by atoms with Crippen molar-refractivity contribution in [2.75, 3.05) is 7.11 Å². The molecule has 0 aliphatic carbocycles. The molecule has 0 atom stereocenters. The molecule has 1 nitrogen and oxygen atoms in total. The Balaban J connectivity index is 2.49. The van der Waals surface area contributed by atoms with E-state index >= 15 is 0 Å². The molecular formula is C18H22OSi. The summed E-state index contributed by atoms with van der Waals surface area (Å²) in [7, 11) is 0.398. The lowest BCUT2D eigenvalue weighted by Gasteiger charge is -2.16. The van der Waals surface area contributed by atoms with Gasteiger partial charge in [-0.2, -0.15) is 0 Å². The number of hydrogen-bond acceptors (Lipinski definition) is 1. The molecule has 0 radical (unpaired) electrons. The van der Waals surface area contributed by atoms with E-state index in [4.69, 9.17) is 4.74 Å². The summed E-state index contributed by atoms with van der Waals surface area (Å²) in [5.74, 6) is 0.897. The van der Waals surface area contributed by atoms with Gasteiger partial charge in [-0.25, -0.2) is 0 Å². The molecule has 20 heavy (non-hydrogen) atoms. The molecule has 104 valence electrons. The molecule has 0 fully saturated rings. The fourth-order valence-corrected chi connectivity index (χ4v) is 3.35. The van der Waals surface area contributed by atoms with Crippen LogP contribution in [0, 0.1) is 0 Å². The van der Waals surface area contributed by atoms with Crippen LogP contribution in [0.3, 0.4) is 0 Å². The standard InChI is InChI=1S/C18H22OSi/c1-19-17-12-10-16(11-13-17)18(14-20(2,3)4)15-8-6-5-7-9-15/h5-14H,1-4H3/b18-14+. The molecule has 0 spiro atoms. The fraction of sp³-hybridized carbons (Fsp3) is 0.222. The van der Waals surface area contributed by atoms with Gasteiger partial charge in [-0.1, -0.05) is 67.8 Å². The summed E-state index contributed by atoms with van der Waals surface area (Å²) in [5, 5.41) is 0. The van der Waals surface area contributed by atoms with Gasteiger partial charge in [0.25, 0.3) is 0 Å². The first kappa shape index (κ1) is 14.6. The summed E-state index contributed by atoms with van der Waals surface area (Å²) in [5.41, 5.74) is 6.32. The van der Waals surface area contributed by atoms with Crippen LogP contribution in [0.15, 0.2) is 60.3 Å². The van der Waals surface area contributed by atoms with Gasteiger partial charge in [0.2, 0.25) is 0 Å².